The number of likely N-dealkylation sites (tertiary alicyclic amines) is 1. The van der Waals surface area contributed by atoms with Crippen molar-refractivity contribution in [2.45, 2.75) is 57.3 Å². The van der Waals surface area contributed by atoms with E-state index in [1.54, 1.807) is 7.11 Å². The summed E-state index contributed by atoms with van der Waals surface area (Å²) in [6, 6.07) is 8.37. The first-order valence-electron chi connectivity index (χ1n) is 12.2. The van der Waals surface area contributed by atoms with Crippen molar-refractivity contribution in [1.29, 1.82) is 0 Å². The highest BCUT2D eigenvalue weighted by atomic mass is 127. The molecule has 8 heteroatoms. The summed E-state index contributed by atoms with van der Waals surface area (Å²) >= 11 is 0. The number of ether oxygens (including phenoxy) is 3. The van der Waals surface area contributed by atoms with Gasteiger partial charge in [-0.25, -0.2) is 0 Å². The SMILES string of the molecule is CCNC(=NCC(c1ccccc1OC)N(C)C)N1CCC(OCC2CCCCO2)CC1.I. The Hall–Kier alpha value is -1.10. The minimum Gasteiger partial charge on any atom is -0.496 e. The molecule has 33 heavy (non-hydrogen) atoms. The number of aliphatic imine (C=N–C) groups is 1. The molecule has 0 radical (unpaired) electrons. The summed E-state index contributed by atoms with van der Waals surface area (Å²) in [7, 11) is 5.92. The van der Waals surface area contributed by atoms with Gasteiger partial charge < -0.3 is 29.3 Å². The minimum atomic E-state index is 0. The first-order chi connectivity index (χ1) is 15.6. The number of halogens is 1. The number of para-hydroxylation sites is 1. The highest BCUT2D eigenvalue weighted by Gasteiger charge is 2.25. The molecule has 1 aromatic carbocycles. The molecular weight excluding hydrogens is 531 g/mol. The fourth-order valence-electron chi connectivity index (χ4n) is 4.50. The van der Waals surface area contributed by atoms with Crippen molar-refractivity contribution in [3.63, 3.8) is 0 Å². The van der Waals surface area contributed by atoms with Crippen molar-refractivity contribution in [2.24, 2.45) is 4.99 Å². The van der Waals surface area contributed by atoms with E-state index in [0.29, 0.717) is 18.8 Å². The molecule has 0 spiro atoms. The number of benzene rings is 1. The Kier molecular flexibility index (Phi) is 12.8. The Morgan fingerprint density at radius 3 is 2.61 bits per heavy atom. The monoisotopic (exact) mass is 574 g/mol. The molecule has 2 aliphatic rings. The molecule has 7 nitrogen and oxygen atoms in total. The Bertz CT molecular complexity index is 705. The Labute approximate surface area is 217 Å². The maximum atomic E-state index is 6.19. The van der Waals surface area contributed by atoms with Crippen LogP contribution in [0.25, 0.3) is 0 Å². The molecule has 2 unspecified atom stereocenters. The average molecular weight is 575 g/mol. The van der Waals surface area contributed by atoms with Gasteiger partial charge in [0.1, 0.15) is 5.75 Å². The fourth-order valence-corrected chi connectivity index (χ4v) is 4.50. The first-order valence-corrected chi connectivity index (χ1v) is 12.2. The van der Waals surface area contributed by atoms with E-state index >= 15 is 0 Å². The maximum absolute atomic E-state index is 6.19. The summed E-state index contributed by atoms with van der Waals surface area (Å²) in [5.41, 5.74) is 1.16. The third-order valence-electron chi connectivity index (χ3n) is 6.40. The van der Waals surface area contributed by atoms with Gasteiger partial charge in [0, 0.05) is 31.8 Å². The van der Waals surface area contributed by atoms with E-state index in [4.69, 9.17) is 19.2 Å². The van der Waals surface area contributed by atoms with Crippen molar-refractivity contribution in [3.05, 3.63) is 29.8 Å². The van der Waals surface area contributed by atoms with Gasteiger partial charge >= 0.3 is 0 Å². The lowest BCUT2D eigenvalue weighted by Crippen LogP contribution is -2.47. The summed E-state index contributed by atoms with van der Waals surface area (Å²) in [5.74, 6) is 1.90. The van der Waals surface area contributed by atoms with Crippen LogP contribution in [0.3, 0.4) is 0 Å². The zero-order valence-corrected chi connectivity index (χ0v) is 23.1. The lowest BCUT2D eigenvalue weighted by molar-refractivity contribution is -0.0721. The molecule has 1 N–H and O–H groups in total. The van der Waals surface area contributed by atoms with E-state index in [9.17, 15) is 0 Å². The standard InChI is InChI=1S/C25H42N4O3.HI/c1-5-26-25(27-18-23(28(2)3)22-11-6-7-12-24(22)30-4)29-15-13-20(14-16-29)32-19-21-10-8-9-17-31-21;/h6-7,11-12,20-21,23H,5,8-10,13-19H2,1-4H3,(H,26,27);1H. The van der Waals surface area contributed by atoms with Crippen LogP contribution < -0.4 is 10.1 Å². The van der Waals surface area contributed by atoms with Gasteiger partial charge in [-0.15, -0.1) is 24.0 Å². The quantitative estimate of drug-likeness (QED) is 0.274. The second-order valence-electron chi connectivity index (χ2n) is 8.92. The summed E-state index contributed by atoms with van der Waals surface area (Å²) in [4.78, 5) is 9.61. The molecule has 2 fully saturated rings. The number of likely N-dealkylation sites (N-methyl/N-ethyl adjacent to an activating group) is 1. The second-order valence-corrected chi connectivity index (χ2v) is 8.92. The van der Waals surface area contributed by atoms with Crippen LogP contribution in [0.15, 0.2) is 29.3 Å². The largest absolute Gasteiger partial charge is 0.496 e. The van der Waals surface area contributed by atoms with Gasteiger partial charge in [-0.1, -0.05) is 18.2 Å². The summed E-state index contributed by atoms with van der Waals surface area (Å²) in [5, 5.41) is 3.49. The molecule has 2 aliphatic heterocycles. The molecule has 3 rings (SSSR count). The molecule has 0 bridgehead atoms. The molecule has 2 heterocycles. The number of nitrogens with zero attached hydrogens (tertiary/aromatic N) is 3. The van der Waals surface area contributed by atoms with Crippen molar-refractivity contribution in [3.8, 4) is 5.75 Å². The highest BCUT2D eigenvalue weighted by Crippen LogP contribution is 2.28. The highest BCUT2D eigenvalue weighted by molar-refractivity contribution is 14.0. The van der Waals surface area contributed by atoms with Gasteiger partial charge in [0.2, 0.25) is 0 Å². The van der Waals surface area contributed by atoms with Gasteiger partial charge in [-0.3, -0.25) is 4.99 Å². The number of nitrogens with one attached hydrogen (secondary N) is 1. The van der Waals surface area contributed by atoms with Gasteiger partial charge in [-0.05, 0) is 59.2 Å². The van der Waals surface area contributed by atoms with Crippen LogP contribution in [0.2, 0.25) is 0 Å². The maximum Gasteiger partial charge on any atom is 0.193 e. The predicted molar refractivity (Wildman–Crippen MR) is 145 cm³/mol. The zero-order chi connectivity index (χ0) is 22.8. The lowest BCUT2D eigenvalue weighted by atomic mass is 10.0. The average Bonchev–Trinajstić information content (AvgIpc) is 2.83. The van der Waals surface area contributed by atoms with Crippen LogP contribution in [0, 0.1) is 0 Å². The third-order valence-corrected chi connectivity index (χ3v) is 6.40. The predicted octanol–water partition coefficient (Wildman–Crippen LogP) is 3.93. The lowest BCUT2D eigenvalue weighted by Gasteiger charge is -2.35. The van der Waals surface area contributed by atoms with Crippen molar-refractivity contribution in [2.75, 3.05) is 60.6 Å². The van der Waals surface area contributed by atoms with Gasteiger partial charge in [0.25, 0.3) is 0 Å². The van der Waals surface area contributed by atoms with Crippen LogP contribution in [0.1, 0.15) is 50.6 Å². The van der Waals surface area contributed by atoms with Crippen LogP contribution in [0.4, 0.5) is 0 Å². The van der Waals surface area contributed by atoms with Crippen LogP contribution >= 0.6 is 24.0 Å². The van der Waals surface area contributed by atoms with E-state index in [1.807, 2.05) is 12.1 Å². The smallest absolute Gasteiger partial charge is 0.193 e. The minimum absolute atomic E-state index is 0. The molecule has 2 saturated heterocycles. The summed E-state index contributed by atoms with van der Waals surface area (Å²) in [6.07, 6.45) is 6.25. The Morgan fingerprint density at radius 1 is 1.21 bits per heavy atom. The molecule has 0 amide bonds. The van der Waals surface area contributed by atoms with Crippen LogP contribution in [-0.4, -0.2) is 88.6 Å². The van der Waals surface area contributed by atoms with E-state index in [-0.39, 0.29) is 30.0 Å². The number of rotatable bonds is 9. The summed E-state index contributed by atoms with van der Waals surface area (Å²) < 4.78 is 17.6. The summed E-state index contributed by atoms with van der Waals surface area (Å²) in [6.45, 7) is 7.20. The molecular formula is C25H43IN4O3. The molecule has 0 aromatic heterocycles. The van der Waals surface area contributed by atoms with E-state index in [2.05, 4.69) is 48.3 Å². The van der Waals surface area contributed by atoms with Crippen LogP contribution in [0.5, 0.6) is 5.75 Å². The number of guanidine groups is 1. The normalized spacial score (nSPS) is 20.9. The Morgan fingerprint density at radius 2 is 1.97 bits per heavy atom. The van der Waals surface area contributed by atoms with Gasteiger partial charge in [0.05, 0.1) is 38.5 Å². The van der Waals surface area contributed by atoms with E-state index in [1.165, 1.54) is 12.8 Å². The molecule has 188 valence electrons. The van der Waals surface area contributed by atoms with E-state index in [0.717, 1.165) is 69.4 Å². The number of hydrogen-bond acceptors (Lipinski definition) is 5. The molecule has 1 aromatic rings. The van der Waals surface area contributed by atoms with Crippen LogP contribution in [-0.2, 0) is 9.47 Å². The zero-order valence-electron chi connectivity index (χ0n) is 20.8. The number of hydrogen-bond donors (Lipinski definition) is 1. The topological polar surface area (TPSA) is 58.6 Å². The third kappa shape index (κ3) is 8.56. The molecule has 0 aliphatic carbocycles. The second kappa shape index (κ2) is 15.0. The molecule has 2 atom stereocenters. The van der Waals surface area contributed by atoms with Crippen molar-refractivity contribution < 1.29 is 14.2 Å². The van der Waals surface area contributed by atoms with Gasteiger partial charge in [-0.2, -0.15) is 0 Å². The van der Waals surface area contributed by atoms with Gasteiger partial charge in [0.15, 0.2) is 5.96 Å². The number of methoxy groups -OCH3 is 1. The van der Waals surface area contributed by atoms with Crippen molar-refractivity contribution in [1.82, 2.24) is 15.1 Å². The Balaban J connectivity index is 0.00000385. The first kappa shape index (κ1) is 28.1. The number of piperidine rings is 1. The molecule has 0 saturated carbocycles. The van der Waals surface area contributed by atoms with E-state index < -0.39 is 0 Å². The van der Waals surface area contributed by atoms with Crippen molar-refractivity contribution >= 4 is 29.9 Å². The fraction of sp³-hybridized carbons (Fsp3) is 0.720.